The van der Waals surface area contributed by atoms with Crippen molar-refractivity contribution in [3.8, 4) is 0 Å². The number of rotatable bonds is 6. The Labute approximate surface area is 114 Å². The molecule has 1 N–H and O–H groups in total. The molecule has 0 aromatic carbocycles. The van der Waals surface area contributed by atoms with Crippen LogP contribution in [0.4, 0.5) is 11.5 Å². The fraction of sp³-hybridized carbons (Fsp3) is 0.545. The topological polar surface area (TPSA) is 77.3 Å². The van der Waals surface area contributed by atoms with Gasteiger partial charge in [0.25, 0.3) is 5.69 Å². The molecule has 1 unspecified atom stereocenters. The Hall–Kier alpha value is -1.21. The highest BCUT2D eigenvalue weighted by Gasteiger charge is 2.17. The van der Waals surface area contributed by atoms with Crippen LogP contribution in [-0.4, -0.2) is 29.2 Å². The first-order valence-electron chi connectivity index (χ1n) is 5.61. The predicted molar refractivity (Wildman–Crippen MR) is 72.9 cm³/mol. The third-order valence-corrected chi connectivity index (χ3v) is 3.36. The Morgan fingerprint density at radius 3 is 2.89 bits per heavy atom. The molecule has 1 aromatic heterocycles. The summed E-state index contributed by atoms with van der Waals surface area (Å²) in [5, 5.41) is 13.9. The van der Waals surface area contributed by atoms with E-state index in [1.807, 2.05) is 13.8 Å². The molecule has 1 aromatic rings. The number of hydrogen-bond acceptors (Lipinski definition) is 5. The molecule has 1 atom stereocenters. The lowest BCUT2D eigenvalue weighted by atomic mass is 10.2. The number of nitrogens with one attached hydrogen (secondary N) is 1. The fourth-order valence-corrected chi connectivity index (χ4v) is 1.84. The first kappa shape index (κ1) is 14.8. The Morgan fingerprint density at radius 2 is 2.33 bits per heavy atom. The van der Waals surface area contributed by atoms with Gasteiger partial charge in [0.1, 0.15) is 12.0 Å². The number of ether oxygens (including phenoxy) is 1. The SMILES string of the molecule is CCOCC(C)Nc1ncc([N+](=O)[O-])c(C)c1Br. The number of halogens is 1. The maximum absolute atomic E-state index is 10.8. The van der Waals surface area contributed by atoms with Crippen LogP contribution in [0, 0.1) is 17.0 Å². The van der Waals surface area contributed by atoms with Crippen LogP contribution in [0.5, 0.6) is 0 Å². The molecule has 1 rings (SSSR count). The van der Waals surface area contributed by atoms with E-state index in [0.717, 1.165) is 0 Å². The minimum atomic E-state index is -0.444. The lowest BCUT2D eigenvalue weighted by Gasteiger charge is -2.16. The van der Waals surface area contributed by atoms with Crippen LogP contribution in [-0.2, 0) is 4.74 Å². The van der Waals surface area contributed by atoms with E-state index in [4.69, 9.17) is 4.74 Å². The van der Waals surface area contributed by atoms with Gasteiger partial charge in [0.2, 0.25) is 0 Å². The summed E-state index contributed by atoms with van der Waals surface area (Å²) in [5.41, 5.74) is 0.561. The molecule has 0 aliphatic rings. The van der Waals surface area contributed by atoms with Gasteiger partial charge < -0.3 is 10.1 Å². The Balaban J connectivity index is 2.85. The minimum Gasteiger partial charge on any atom is -0.380 e. The zero-order chi connectivity index (χ0) is 13.7. The summed E-state index contributed by atoms with van der Waals surface area (Å²) in [5.74, 6) is 0.588. The summed E-state index contributed by atoms with van der Waals surface area (Å²) < 4.78 is 5.90. The number of nitrogens with zero attached hydrogens (tertiary/aromatic N) is 2. The second-order valence-corrected chi connectivity index (χ2v) is 4.69. The molecule has 100 valence electrons. The van der Waals surface area contributed by atoms with E-state index < -0.39 is 4.92 Å². The lowest BCUT2D eigenvalue weighted by Crippen LogP contribution is -2.22. The largest absolute Gasteiger partial charge is 0.380 e. The van der Waals surface area contributed by atoms with Crippen molar-refractivity contribution in [2.24, 2.45) is 0 Å². The third kappa shape index (κ3) is 3.64. The van der Waals surface area contributed by atoms with Gasteiger partial charge in [-0.3, -0.25) is 10.1 Å². The van der Waals surface area contributed by atoms with Gasteiger partial charge in [-0.1, -0.05) is 0 Å². The van der Waals surface area contributed by atoms with Crippen molar-refractivity contribution < 1.29 is 9.66 Å². The molecule has 0 bridgehead atoms. The van der Waals surface area contributed by atoms with Crippen molar-refractivity contribution in [3.05, 3.63) is 26.3 Å². The van der Waals surface area contributed by atoms with Crippen LogP contribution in [0.3, 0.4) is 0 Å². The van der Waals surface area contributed by atoms with Crippen molar-refractivity contribution in [2.45, 2.75) is 26.8 Å². The monoisotopic (exact) mass is 317 g/mol. The van der Waals surface area contributed by atoms with E-state index >= 15 is 0 Å². The van der Waals surface area contributed by atoms with Gasteiger partial charge in [0.15, 0.2) is 0 Å². The van der Waals surface area contributed by atoms with Crippen LogP contribution >= 0.6 is 15.9 Å². The summed E-state index contributed by atoms with van der Waals surface area (Å²) >= 11 is 3.33. The van der Waals surface area contributed by atoms with Crippen LogP contribution in [0.25, 0.3) is 0 Å². The number of anilines is 1. The molecule has 0 aliphatic carbocycles. The van der Waals surface area contributed by atoms with Gasteiger partial charge in [0, 0.05) is 18.2 Å². The van der Waals surface area contributed by atoms with Crippen LogP contribution in [0.1, 0.15) is 19.4 Å². The lowest BCUT2D eigenvalue weighted by molar-refractivity contribution is -0.385. The second kappa shape index (κ2) is 6.65. The molecule has 0 saturated carbocycles. The van der Waals surface area contributed by atoms with Crippen molar-refractivity contribution in [1.29, 1.82) is 0 Å². The smallest absolute Gasteiger partial charge is 0.291 e. The van der Waals surface area contributed by atoms with Crippen LogP contribution in [0.2, 0.25) is 0 Å². The molecule has 0 aliphatic heterocycles. The summed E-state index contributed by atoms with van der Waals surface area (Å²) in [7, 11) is 0. The average Bonchev–Trinajstić information content (AvgIpc) is 2.32. The second-order valence-electron chi connectivity index (χ2n) is 3.89. The van der Waals surface area contributed by atoms with Gasteiger partial charge in [-0.2, -0.15) is 0 Å². The van der Waals surface area contributed by atoms with Crippen molar-refractivity contribution in [3.63, 3.8) is 0 Å². The van der Waals surface area contributed by atoms with E-state index in [1.165, 1.54) is 6.20 Å². The summed E-state index contributed by atoms with van der Waals surface area (Å²) in [4.78, 5) is 14.4. The fourth-order valence-electron chi connectivity index (χ4n) is 1.42. The number of nitro groups is 1. The average molecular weight is 318 g/mol. The van der Waals surface area contributed by atoms with Crippen molar-refractivity contribution in [2.75, 3.05) is 18.5 Å². The third-order valence-electron chi connectivity index (χ3n) is 2.39. The molecule has 0 amide bonds. The van der Waals surface area contributed by atoms with Crippen molar-refractivity contribution >= 4 is 27.4 Å². The highest BCUT2D eigenvalue weighted by atomic mass is 79.9. The molecule has 18 heavy (non-hydrogen) atoms. The highest BCUT2D eigenvalue weighted by Crippen LogP contribution is 2.30. The van der Waals surface area contributed by atoms with Gasteiger partial charge in [-0.05, 0) is 36.7 Å². The number of aromatic nitrogens is 1. The molecule has 1 heterocycles. The molecule has 6 nitrogen and oxygen atoms in total. The predicted octanol–water partition coefficient (Wildman–Crippen LogP) is 2.90. The summed E-state index contributed by atoms with van der Waals surface area (Å²) in [6, 6.07) is 0.0783. The zero-order valence-corrected chi connectivity index (χ0v) is 12.2. The summed E-state index contributed by atoms with van der Waals surface area (Å²) in [6.07, 6.45) is 1.26. The molecule has 0 fully saturated rings. The molecular formula is C11H16BrN3O3. The van der Waals surface area contributed by atoms with Gasteiger partial charge >= 0.3 is 0 Å². The Kier molecular flexibility index (Phi) is 5.49. The maximum Gasteiger partial charge on any atom is 0.291 e. The Bertz CT molecular complexity index is 440. The molecule has 0 spiro atoms. The summed E-state index contributed by atoms with van der Waals surface area (Å²) in [6.45, 7) is 6.78. The van der Waals surface area contributed by atoms with E-state index in [0.29, 0.717) is 29.1 Å². The standard InChI is InChI=1S/C11H16BrN3O3/c1-4-18-6-7(2)14-11-10(12)8(3)9(5-13-11)15(16)17/h5,7H,4,6H2,1-3H3,(H,13,14). The number of hydrogen-bond donors (Lipinski definition) is 1. The quantitative estimate of drug-likeness (QED) is 0.644. The first-order chi connectivity index (χ1) is 8.47. The van der Waals surface area contributed by atoms with Gasteiger partial charge in [-0.25, -0.2) is 4.98 Å². The minimum absolute atomic E-state index is 0.00452. The molecule has 7 heteroatoms. The van der Waals surface area contributed by atoms with Crippen molar-refractivity contribution in [1.82, 2.24) is 4.98 Å². The Morgan fingerprint density at radius 1 is 1.67 bits per heavy atom. The molecule has 0 saturated heterocycles. The van der Waals surface area contributed by atoms with E-state index in [9.17, 15) is 10.1 Å². The zero-order valence-electron chi connectivity index (χ0n) is 10.6. The maximum atomic E-state index is 10.8. The van der Waals surface area contributed by atoms with E-state index in [1.54, 1.807) is 6.92 Å². The van der Waals surface area contributed by atoms with Gasteiger partial charge in [-0.15, -0.1) is 0 Å². The molecule has 0 radical (unpaired) electrons. The van der Waals surface area contributed by atoms with Crippen LogP contribution < -0.4 is 5.32 Å². The van der Waals surface area contributed by atoms with E-state index in [2.05, 4.69) is 26.2 Å². The van der Waals surface area contributed by atoms with Gasteiger partial charge in [0.05, 0.1) is 16.0 Å². The normalized spacial score (nSPS) is 12.2. The van der Waals surface area contributed by atoms with E-state index in [-0.39, 0.29) is 11.7 Å². The highest BCUT2D eigenvalue weighted by molar-refractivity contribution is 9.10. The van der Waals surface area contributed by atoms with Crippen LogP contribution in [0.15, 0.2) is 10.7 Å². The molecular weight excluding hydrogens is 302 g/mol. The first-order valence-corrected chi connectivity index (χ1v) is 6.40. The number of pyridine rings is 1.